The van der Waals surface area contributed by atoms with Crippen LogP contribution in [0.5, 0.6) is 0 Å². The minimum Gasteiger partial charge on any atom is -0.464 e. The standard InChI is InChI=1S/C28H34ClN3O4S/c1-20(33)32-16-12-24-25(18-32)26(29)7-8-28(24)37(34,35)30(2)17-21-9-13-31(14-10-21)15-11-22-19-36-27-6-4-3-5-23(22)27/h3-8,19,21H,9-18H2,1-2H3. The molecule has 7 nitrogen and oxygen atoms in total. The third-order valence-corrected chi connectivity index (χ3v) is 10.2. The Morgan fingerprint density at radius 1 is 1.11 bits per heavy atom. The van der Waals surface area contributed by atoms with Crippen molar-refractivity contribution in [2.75, 3.05) is 39.8 Å². The third-order valence-electron chi connectivity index (χ3n) is 7.93. The van der Waals surface area contributed by atoms with Gasteiger partial charge in [-0.1, -0.05) is 29.8 Å². The fraction of sp³-hybridized carbons (Fsp3) is 0.464. The Bertz CT molecular complexity index is 1400. The Labute approximate surface area is 224 Å². The molecule has 3 heterocycles. The number of piperidine rings is 1. The van der Waals surface area contributed by atoms with Gasteiger partial charge in [-0.05, 0) is 79.6 Å². The predicted octanol–water partition coefficient (Wildman–Crippen LogP) is 4.57. The van der Waals surface area contributed by atoms with E-state index in [2.05, 4.69) is 11.0 Å². The summed E-state index contributed by atoms with van der Waals surface area (Å²) in [7, 11) is -1.98. The number of hydrogen-bond acceptors (Lipinski definition) is 5. The molecule has 2 aliphatic heterocycles. The van der Waals surface area contributed by atoms with Gasteiger partial charge < -0.3 is 14.2 Å². The summed E-state index contributed by atoms with van der Waals surface area (Å²) in [6, 6.07) is 11.4. The lowest BCUT2D eigenvalue weighted by molar-refractivity contribution is -0.129. The van der Waals surface area contributed by atoms with Crippen molar-refractivity contribution in [1.82, 2.24) is 14.1 Å². The minimum absolute atomic E-state index is 0.0310. The zero-order chi connectivity index (χ0) is 26.2. The van der Waals surface area contributed by atoms with Crippen molar-refractivity contribution in [3.8, 4) is 0 Å². The first-order valence-corrected chi connectivity index (χ1v) is 14.8. The molecule has 198 valence electrons. The van der Waals surface area contributed by atoms with E-state index in [0.717, 1.165) is 55.6 Å². The molecule has 0 N–H and O–H groups in total. The highest BCUT2D eigenvalue weighted by Gasteiger charge is 2.32. The van der Waals surface area contributed by atoms with Crippen LogP contribution < -0.4 is 0 Å². The zero-order valence-corrected chi connectivity index (χ0v) is 23.0. The maximum absolute atomic E-state index is 13.6. The van der Waals surface area contributed by atoms with E-state index in [0.29, 0.717) is 41.9 Å². The molecule has 0 saturated carbocycles. The Hall–Kier alpha value is -2.39. The molecule has 2 aromatic carbocycles. The lowest BCUT2D eigenvalue weighted by Crippen LogP contribution is -2.40. The monoisotopic (exact) mass is 543 g/mol. The van der Waals surface area contributed by atoms with Gasteiger partial charge in [0.2, 0.25) is 15.9 Å². The molecule has 0 unspecified atom stereocenters. The first-order chi connectivity index (χ1) is 17.7. The van der Waals surface area contributed by atoms with Crippen LogP contribution in [-0.4, -0.2) is 68.2 Å². The number of halogens is 1. The number of sulfonamides is 1. The summed E-state index contributed by atoms with van der Waals surface area (Å²) in [5.74, 6) is 0.290. The van der Waals surface area contributed by atoms with Gasteiger partial charge >= 0.3 is 0 Å². The average Bonchev–Trinajstić information content (AvgIpc) is 3.31. The summed E-state index contributed by atoms with van der Waals surface area (Å²) >= 11 is 6.41. The van der Waals surface area contributed by atoms with Gasteiger partial charge in [0.25, 0.3) is 0 Å². The van der Waals surface area contributed by atoms with Crippen molar-refractivity contribution in [3.63, 3.8) is 0 Å². The fourth-order valence-electron chi connectivity index (χ4n) is 5.64. The predicted molar refractivity (Wildman–Crippen MR) is 145 cm³/mol. The second-order valence-corrected chi connectivity index (χ2v) is 12.7. The van der Waals surface area contributed by atoms with Gasteiger partial charge in [-0.3, -0.25) is 4.79 Å². The summed E-state index contributed by atoms with van der Waals surface area (Å²) in [5.41, 5.74) is 3.66. The first kappa shape index (κ1) is 26.2. The van der Waals surface area contributed by atoms with E-state index < -0.39 is 10.0 Å². The fourth-order valence-corrected chi connectivity index (χ4v) is 7.40. The molecule has 1 saturated heterocycles. The summed E-state index contributed by atoms with van der Waals surface area (Å²) < 4.78 is 34.4. The maximum atomic E-state index is 13.6. The summed E-state index contributed by atoms with van der Waals surface area (Å²) in [4.78, 5) is 16.3. The molecule has 37 heavy (non-hydrogen) atoms. The van der Waals surface area contributed by atoms with E-state index in [-0.39, 0.29) is 5.91 Å². The topological polar surface area (TPSA) is 74.1 Å². The van der Waals surface area contributed by atoms with Crippen LogP contribution in [0.1, 0.15) is 36.5 Å². The molecule has 1 amide bonds. The molecule has 0 bridgehead atoms. The van der Waals surface area contributed by atoms with E-state index in [1.165, 1.54) is 22.2 Å². The van der Waals surface area contributed by atoms with Crippen LogP contribution in [0.3, 0.4) is 0 Å². The van der Waals surface area contributed by atoms with Crippen LogP contribution in [-0.2, 0) is 34.2 Å². The van der Waals surface area contributed by atoms with Crippen molar-refractivity contribution < 1.29 is 17.6 Å². The molecule has 0 radical (unpaired) electrons. The van der Waals surface area contributed by atoms with E-state index in [9.17, 15) is 13.2 Å². The number of likely N-dealkylation sites (tertiary alicyclic amines) is 1. The molecule has 0 atom stereocenters. The van der Waals surface area contributed by atoms with Crippen LogP contribution in [0.15, 0.2) is 52.0 Å². The Morgan fingerprint density at radius 2 is 1.86 bits per heavy atom. The smallest absolute Gasteiger partial charge is 0.243 e. The largest absolute Gasteiger partial charge is 0.464 e. The van der Waals surface area contributed by atoms with Crippen molar-refractivity contribution in [2.45, 2.75) is 44.0 Å². The van der Waals surface area contributed by atoms with E-state index >= 15 is 0 Å². The van der Waals surface area contributed by atoms with Crippen molar-refractivity contribution in [3.05, 3.63) is 64.4 Å². The van der Waals surface area contributed by atoms with Gasteiger partial charge in [-0.2, -0.15) is 0 Å². The lowest BCUT2D eigenvalue weighted by atomic mass is 9.96. The van der Waals surface area contributed by atoms with Gasteiger partial charge in [-0.25, -0.2) is 12.7 Å². The summed E-state index contributed by atoms with van der Waals surface area (Å²) in [6.07, 6.45) is 5.24. The second kappa shape index (κ2) is 10.8. The van der Waals surface area contributed by atoms with Crippen LogP contribution in [0, 0.1) is 5.92 Å². The lowest BCUT2D eigenvalue weighted by Gasteiger charge is -2.34. The van der Waals surface area contributed by atoms with Gasteiger partial charge in [0.15, 0.2) is 0 Å². The first-order valence-electron chi connectivity index (χ1n) is 12.9. The third kappa shape index (κ3) is 5.43. The number of furan rings is 1. The Balaban J connectivity index is 1.18. The molecule has 9 heteroatoms. The molecule has 0 aliphatic carbocycles. The van der Waals surface area contributed by atoms with Crippen LogP contribution >= 0.6 is 11.6 Å². The van der Waals surface area contributed by atoms with E-state index in [1.54, 1.807) is 24.1 Å². The number of benzene rings is 2. The van der Waals surface area contributed by atoms with Gasteiger partial charge in [-0.15, -0.1) is 0 Å². The molecular weight excluding hydrogens is 510 g/mol. The normalized spacial score (nSPS) is 17.5. The van der Waals surface area contributed by atoms with Crippen LogP contribution in [0.2, 0.25) is 5.02 Å². The molecule has 2 aliphatic rings. The molecular formula is C28H34ClN3O4S. The quantitative estimate of drug-likeness (QED) is 0.436. The molecule has 5 rings (SSSR count). The molecule has 3 aromatic rings. The number of carbonyl (C=O) groups is 1. The number of para-hydroxylation sites is 1. The van der Waals surface area contributed by atoms with E-state index in [4.69, 9.17) is 16.0 Å². The Kier molecular flexibility index (Phi) is 7.63. The SMILES string of the molecule is CC(=O)N1CCc2c(S(=O)(=O)N(C)CC3CCN(CCc4coc5ccccc45)CC3)ccc(Cl)c2C1. The maximum Gasteiger partial charge on any atom is 0.243 e. The summed E-state index contributed by atoms with van der Waals surface area (Å²) in [6.45, 7) is 5.78. The number of hydrogen-bond donors (Lipinski definition) is 0. The average molecular weight is 544 g/mol. The van der Waals surface area contributed by atoms with E-state index in [1.807, 2.05) is 24.5 Å². The van der Waals surface area contributed by atoms with Gasteiger partial charge in [0.1, 0.15) is 5.58 Å². The highest BCUT2D eigenvalue weighted by Crippen LogP contribution is 2.33. The van der Waals surface area contributed by atoms with Crippen LogP contribution in [0.4, 0.5) is 0 Å². The summed E-state index contributed by atoms with van der Waals surface area (Å²) in [5, 5.41) is 1.70. The number of rotatable bonds is 7. The molecule has 1 fully saturated rings. The van der Waals surface area contributed by atoms with Crippen molar-refractivity contribution >= 4 is 38.5 Å². The number of amides is 1. The number of nitrogens with zero attached hydrogens (tertiary/aromatic N) is 3. The highest BCUT2D eigenvalue weighted by molar-refractivity contribution is 7.89. The molecule has 0 spiro atoms. The van der Waals surface area contributed by atoms with Gasteiger partial charge in [0.05, 0.1) is 11.2 Å². The van der Waals surface area contributed by atoms with Crippen LogP contribution in [0.25, 0.3) is 11.0 Å². The second-order valence-electron chi connectivity index (χ2n) is 10.3. The van der Waals surface area contributed by atoms with Crippen molar-refractivity contribution in [1.29, 1.82) is 0 Å². The minimum atomic E-state index is -3.66. The zero-order valence-electron chi connectivity index (χ0n) is 21.5. The molecule has 1 aromatic heterocycles. The Morgan fingerprint density at radius 3 is 2.62 bits per heavy atom. The van der Waals surface area contributed by atoms with Crippen molar-refractivity contribution in [2.24, 2.45) is 5.92 Å². The van der Waals surface area contributed by atoms with Gasteiger partial charge in [0, 0.05) is 50.6 Å². The highest BCUT2D eigenvalue weighted by atomic mass is 35.5. The number of carbonyl (C=O) groups excluding carboxylic acids is 1. The number of fused-ring (bicyclic) bond motifs is 2.